The highest BCUT2D eigenvalue weighted by molar-refractivity contribution is 7.85. The fraction of sp³-hybridized carbons (Fsp3) is 0.529. The Labute approximate surface area is 161 Å². The monoisotopic (exact) mass is 416 g/mol. The van der Waals surface area contributed by atoms with Crippen LogP contribution in [0.15, 0.2) is 18.2 Å². The predicted molar refractivity (Wildman–Crippen MR) is 96.4 cm³/mol. The minimum Gasteiger partial charge on any atom is -0.465 e. The van der Waals surface area contributed by atoms with E-state index in [1.807, 2.05) is 0 Å². The van der Waals surface area contributed by atoms with E-state index in [0.717, 1.165) is 6.26 Å². The number of piperidine rings is 1. The first-order chi connectivity index (χ1) is 13.1. The SMILES string of the molecule is CS(=O)(=O)OCC1CN(c2ccc(C3CCN(C(=O)O)CC3)c(F)c2)C(=O)O1. The molecule has 0 bridgehead atoms. The normalized spacial score (nSPS) is 21.1. The van der Waals surface area contributed by atoms with Gasteiger partial charge in [0.2, 0.25) is 0 Å². The average molecular weight is 416 g/mol. The summed E-state index contributed by atoms with van der Waals surface area (Å²) in [7, 11) is -3.66. The Bertz CT molecular complexity index is 868. The van der Waals surface area contributed by atoms with Crippen LogP contribution in [0.1, 0.15) is 24.3 Å². The lowest BCUT2D eigenvalue weighted by Gasteiger charge is -2.30. The van der Waals surface area contributed by atoms with E-state index >= 15 is 0 Å². The first-order valence-corrected chi connectivity index (χ1v) is 10.6. The van der Waals surface area contributed by atoms with Crippen LogP contribution in [-0.2, 0) is 19.0 Å². The van der Waals surface area contributed by atoms with Gasteiger partial charge in [-0.1, -0.05) is 6.07 Å². The molecule has 2 aliphatic rings. The molecule has 0 saturated carbocycles. The van der Waals surface area contributed by atoms with Crippen molar-refractivity contribution in [2.45, 2.75) is 24.9 Å². The van der Waals surface area contributed by atoms with Gasteiger partial charge >= 0.3 is 12.2 Å². The number of carboxylic acid groups (broad SMARTS) is 1. The Balaban J connectivity index is 1.66. The number of rotatable bonds is 5. The summed E-state index contributed by atoms with van der Waals surface area (Å²) in [5, 5.41) is 9.00. The van der Waals surface area contributed by atoms with Gasteiger partial charge in [0.05, 0.1) is 18.5 Å². The number of cyclic esters (lactones) is 1. The first kappa shape index (κ1) is 20.3. The van der Waals surface area contributed by atoms with Gasteiger partial charge in [-0.3, -0.25) is 9.08 Å². The number of hydrogen-bond donors (Lipinski definition) is 1. The quantitative estimate of drug-likeness (QED) is 0.730. The van der Waals surface area contributed by atoms with Gasteiger partial charge in [0.1, 0.15) is 18.5 Å². The van der Waals surface area contributed by atoms with Crippen molar-refractivity contribution in [1.82, 2.24) is 4.90 Å². The fourth-order valence-electron chi connectivity index (χ4n) is 3.42. The summed E-state index contributed by atoms with van der Waals surface area (Å²) in [6.45, 7) is 0.442. The summed E-state index contributed by atoms with van der Waals surface area (Å²) in [6.07, 6.45) is -0.500. The largest absolute Gasteiger partial charge is 0.465 e. The number of carbonyl (C=O) groups excluding carboxylic acids is 1. The Morgan fingerprint density at radius 1 is 1.36 bits per heavy atom. The molecule has 2 heterocycles. The van der Waals surface area contributed by atoms with Crippen molar-refractivity contribution in [2.24, 2.45) is 0 Å². The number of nitrogens with zero attached hydrogens (tertiary/aromatic N) is 2. The van der Waals surface area contributed by atoms with Crippen LogP contribution in [0.25, 0.3) is 0 Å². The third-order valence-electron chi connectivity index (χ3n) is 4.84. The molecule has 2 saturated heterocycles. The number of likely N-dealkylation sites (tertiary alicyclic amines) is 1. The van der Waals surface area contributed by atoms with E-state index in [0.29, 0.717) is 37.2 Å². The van der Waals surface area contributed by atoms with Crippen LogP contribution in [0, 0.1) is 5.82 Å². The Kier molecular flexibility index (Phi) is 5.75. The van der Waals surface area contributed by atoms with Gasteiger partial charge in [0.25, 0.3) is 10.1 Å². The lowest BCUT2D eigenvalue weighted by Crippen LogP contribution is -2.37. The van der Waals surface area contributed by atoms with E-state index < -0.39 is 34.2 Å². The van der Waals surface area contributed by atoms with E-state index in [1.54, 1.807) is 12.1 Å². The van der Waals surface area contributed by atoms with E-state index in [9.17, 15) is 22.4 Å². The Morgan fingerprint density at radius 2 is 2.04 bits per heavy atom. The van der Waals surface area contributed by atoms with Crippen LogP contribution in [0.4, 0.5) is 19.7 Å². The van der Waals surface area contributed by atoms with Crippen LogP contribution < -0.4 is 4.90 Å². The molecular weight excluding hydrogens is 395 g/mol. The smallest absolute Gasteiger partial charge is 0.414 e. The van der Waals surface area contributed by atoms with Gasteiger partial charge in [0.15, 0.2) is 0 Å². The van der Waals surface area contributed by atoms with E-state index in [-0.39, 0.29) is 19.1 Å². The fourth-order valence-corrected chi connectivity index (χ4v) is 3.81. The lowest BCUT2D eigenvalue weighted by atomic mass is 9.89. The minimum absolute atomic E-state index is 0.0458. The maximum Gasteiger partial charge on any atom is 0.414 e. The molecule has 1 aromatic rings. The molecule has 1 atom stereocenters. The second-order valence-electron chi connectivity index (χ2n) is 6.85. The molecule has 0 aliphatic carbocycles. The van der Waals surface area contributed by atoms with Crippen molar-refractivity contribution in [1.29, 1.82) is 0 Å². The second kappa shape index (κ2) is 7.92. The predicted octanol–water partition coefficient (Wildman–Crippen LogP) is 1.98. The number of carbonyl (C=O) groups is 2. The van der Waals surface area contributed by atoms with Crippen molar-refractivity contribution in [2.75, 3.05) is 37.4 Å². The molecule has 28 heavy (non-hydrogen) atoms. The maximum atomic E-state index is 14.7. The molecular formula is C17H21FN2O7S. The van der Waals surface area contributed by atoms with Gasteiger partial charge in [-0.2, -0.15) is 8.42 Å². The number of anilines is 1. The highest BCUT2D eigenvalue weighted by Crippen LogP contribution is 2.32. The Hall–Kier alpha value is -2.40. The zero-order valence-electron chi connectivity index (χ0n) is 15.2. The van der Waals surface area contributed by atoms with Crippen molar-refractivity contribution in [3.05, 3.63) is 29.6 Å². The zero-order chi connectivity index (χ0) is 20.5. The van der Waals surface area contributed by atoms with Crippen molar-refractivity contribution in [3.8, 4) is 0 Å². The number of halogens is 1. The van der Waals surface area contributed by atoms with Crippen LogP contribution in [0.5, 0.6) is 0 Å². The minimum atomic E-state index is -3.66. The molecule has 0 spiro atoms. The van der Waals surface area contributed by atoms with Gasteiger partial charge in [0, 0.05) is 13.1 Å². The summed E-state index contributed by atoms with van der Waals surface area (Å²) in [5.74, 6) is -0.569. The topological polar surface area (TPSA) is 113 Å². The molecule has 2 fully saturated rings. The maximum absolute atomic E-state index is 14.7. The van der Waals surface area contributed by atoms with Crippen LogP contribution in [-0.4, -0.2) is 69.2 Å². The number of ether oxygens (including phenoxy) is 1. The van der Waals surface area contributed by atoms with Crippen LogP contribution in [0.3, 0.4) is 0 Å². The molecule has 1 aromatic carbocycles. The van der Waals surface area contributed by atoms with Crippen molar-refractivity contribution >= 4 is 28.0 Å². The molecule has 11 heteroatoms. The number of benzene rings is 1. The standard InChI is InChI=1S/C17H21FN2O7S/c1-28(24,25)26-10-13-9-20(17(23)27-13)12-2-3-14(15(18)8-12)11-4-6-19(7-5-11)16(21)22/h2-3,8,11,13H,4-7,9-10H2,1H3,(H,21,22). The first-order valence-electron chi connectivity index (χ1n) is 8.74. The summed E-state index contributed by atoms with van der Waals surface area (Å²) < 4.78 is 46.5. The molecule has 2 aliphatic heterocycles. The summed E-state index contributed by atoms with van der Waals surface area (Å²) in [6, 6.07) is 4.43. The third kappa shape index (κ3) is 4.71. The molecule has 9 nitrogen and oxygen atoms in total. The van der Waals surface area contributed by atoms with E-state index in [1.165, 1.54) is 15.9 Å². The van der Waals surface area contributed by atoms with Gasteiger partial charge in [-0.15, -0.1) is 0 Å². The van der Waals surface area contributed by atoms with E-state index in [2.05, 4.69) is 4.18 Å². The Morgan fingerprint density at radius 3 is 2.61 bits per heavy atom. The molecule has 154 valence electrons. The second-order valence-corrected chi connectivity index (χ2v) is 8.50. The molecule has 1 unspecified atom stereocenters. The molecule has 1 N–H and O–H groups in total. The average Bonchev–Trinajstić information content (AvgIpc) is 3.00. The van der Waals surface area contributed by atoms with Crippen molar-refractivity contribution < 1.29 is 36.4 Å². The van der Waals surface area contributed by atoms with Gasteiger partial charge < -0.3 is 14.7 Å². The molecule has 2 amide bonds. The lowest BCUT2D eigenvalue weighted by molar-refractivity contribution is 0.107. The molecule has 0 aromatic heterocycles. The third-order valence-corrected chi connectivity index (χ3v) is 5.41. The van der Waals surface area contributed by atoms with Gasteiger partial charge in [-0.25, -0.2) is 14.0 Å². The zero-order valence-corrected chi connectivity index (χ0v) is 16.0. The van der Waals surface area contributed by atoms with Crippen molar-refractivity contribution in [3.63, 3.8) is 0 Å². The number of amides is 2. The highest BCUT2D eigenvalue weighted by atomic mass is 32.2. The van der Waals surface area contributed by atoms with Crippen LogP contribution >= 0.6 is 0 Å². The van der Waals surface area contributed by atoms with Crippen LogP contribution in [0.2, 0.25) is 0 Å². The summed E-state index contributed by atoms with van der Waals surface area (Å²) >= 11 is 0. The summed E-state index contributed by atoms with van der Waals surface area (Å²) in [4.78, 5) is 25.5. The van der Waals surface area contributed by atoms with E-state index in [4.69, 9.17) is 9.84 Å². The highest BCUT2D eigenvalue weighted by Gasteiger charge is 2.34. The summed E-state index contributed by atoms with van der Waals surface area (Å²) in [5.41, 5.74) is 0.786. The number of hydrogen-bond acceptors (Lipinski definition) is 6. The molecule has 0 radical (unpaired) electrons. The van der Waals surface area contributed by atoms with Gasteiger partial charge in [-0.05, 0) is 36.5 Å². The molecule has 3 rings (SSSR count).